The van der Waals surface area contributed by atoms with E-state index < -0.39 is 18.3 Å². The maximum atomic E-state index is 12.6. The molecule has 1 aromatic heterocycles. The van der Waals surface area contributed by atoms with Gasteiger partial charge in [0.1, 0.15) is 5.69 Å². The van der Waals surface area contributed by atoms with Gasteiger partial charge in [-0.25, -0.2) is 4.98 Å². The van der Waals surface area contributed by atoms with Crippen molar-refractivity contribution in [1.29, 1.82) is 0 Å². The fraction of sp³-hybridized carbons (Fsp3) is 0.524. The van der Waals surface area contributed by atoms with Crippen molar-refractivity contribution < 1.29 is 14.1 Å². The summed E-state index contributed by atoms with van der Waals surface area (Å²) in [5.74, 6) is -0.158. The molecule has 0 saturated carbocycles. The monoisotopic (exact) mass is 368 g/mol. The minimum absolute atomic E-state index is 0.158. The second kappa shape index (κ2) is 7.60. The number of rotatable bonds is 6. The lowest BCUT2D eigenvalue weighted by molar-refractivity contribution is 0.00578. The standard InChI is InChI=1S/C21H29BN2O3/c1-6-7-10-13-23-19(25)18-14-16(15-11-8-9-12-17(15)24-18)22-26-20(2,3)21(4,5)27-22/h8-9,11-12,14H,6-7,10,13H2,1-5H3,(H,23,25). The van der Waals surface area contributed by atoms with E-state index in [1.165, 1.54) is 0 Å². The first-order chi connectivity index (χ1) is 12.7. The lowest BCUT2D eigenvalue weighted by atomic mass is 9.76. The normalized spacial score (nSPS) is 18.0. The van der Waals surface area contributed by atoms with Gasteiger partial charge in [-0.2, -0.15) is 0 Å². The van der Waals surface area contributed by atoms with Gasteiger partial charge < -0.3 is 14.6 Å². The van der Waals surface area contributed by atoms with E-state index in [0.717, 1.165) is 35.6 Å². The molecule has 27 heavy (non-hydrogen) atoms. The van der Waals surface area contributed by atoms with E-state index >= 15 is 0 Å². The Labute approximate surface area is 162 Å². The van der Waals surface area contributed by atoms with Crippen molar-refractivity contribution in [2.45, 2.75) is 65.1 Å². The minimum Gasteiger partial charge on any atom is -0.399 e. The van der Waals surface area contributed by atoms with Gasteiger partial charge in [0.25, 0.3) is 5.91 Å². The molecular weight excluding hydrogens is 339 g/mol. The van der Waals surface area contributed by atoms with Gasteiger partial charge in [-0.1, -0.05) is 38.0 Å². The molecule has 3 rings (SSSR count). The van der Waals surface area contributed by atoms with Crippen LogP contribution in [-0.4, -0.2) is 35.8 Å². The van der Waals surface area contributed by atoms with Crippen LogP contribution in [0.15, 0.2) is 30.3 Å². The summed E-state index contributed by atoms with van der Waals surface area (Å²) in [5.41, 5.74) is 1.13. The first-order valence-corrected chi connectivity index (χ1v) is 9.79. The largest absolute Gasteiger partial charge is 0.495 e. The van der Waals surface area contributed by atoms with E-state index in [4.69, 9.17) is 9.31 Å². The molecule has 1 fully saturated rings. The molecule has 0 aliphatic carbocycles. The van der Waals surface area contributed by atoms with E-state index in [0.29, 0.717) is 12.2 Å². The Kier molecular flexibility index (Phi) is 5.59. The van der Waals surface area contributed by atoms with Gasteiger partial charge in [0, 0.05) is 6.54 Å². The molecule has 2 aromatic rings. The first-order valence-electron chi connectivity index (χ1n) is 9.79. The topological polar surface area (TPSA) is 60.5 Å². The number of hydrogen-bond donors (Lipinski definition) is 1. The van der Waals surface area contributed by atoms with Gasteiger partial charge in [0.2, 0.25) is 0 Å². The molecule has 0 radical (unpaired) electrons. The second-order valence-electron chi connectivity index (χ2n) is 8.17. The highest BCUT2D eigenvalue weighted by Crippen LogP contribution is 2.37. The van der Waals surface area contributed by atoms with Gasteiger partial charge in [0.05, 0.1) is 16.7 Å². The molecule has 0 bridgehead atoms. The Morgan fingerprint density at radius 1 is 1.11 bits per heavy atom. The van der Waals surface area contributed by atoms with Gasteiger partial charge in [-0.3, -0.25) is 4.79 Å². The van der Waals surface area contributed by atoms with Crippen LogP contribution in [0.2, 0.25) is 0 Å². The van der Waals surface area contributed by atoms with Gasteiger partial charge >= 0.3 is 7.12 Å². The number of amides is 1. The third kappa shape index (κ3) is 4.02. The van der Waals surface area contributed by atoms with E-state index in [9.17, 15) is 4.79 Å². The molecule has 144 valence electrons. The molecule has 0 spiro atoms. The van der Waals surface area contributed by atoms with Crippen LogP contribution >= 0.6 is 0 Å². The zero-order valence-electron chi connectivity index (χ0n) is 17.0. The van der Waals surface area contributed by atoms with Crippen molar-refractivity contribution in [3.8, 4) is 0 Å². The zero-order chi connectivity index (χ0) is 19.7. The number of carbonyl (C=O) groups excluding carboxylic acids is 1. The third-order valence-corrected chi connectivity index (χ3v) is 5.55. The highest BCUT2D eigenvalue weighted by molar-refractivity contribution is 6.65. The van der Waals surface area contributed by atoms with Gasteiger partial charge in [0.15, 0.2) is 0 Å². The Bertz CT molecular complexity index is 819. The number of fused-ring (bicyclic) bond motifs is 1. The summed E-state index contributed by atoms with van der Waals surface area (Å²) in [6.07, 6.45) is 3.20. The number of para-hydroxylation sites is 1. The Balaban J connectivity index is 1.94. The molecule has 1 aliphatic rings. The highest BCUT2D eigenvalue weighted by atomic mass is 16.7. The summed E-state index contributed by atoms with van der Waals surface area (Å²) < 4.78 is 12.4. The molecule has 1 N–H and O–H groups in total. The Hall–Kier alpha value is -1.92. The average Bonchev–Trinajstić information content (AvgIpc) is 2.85. The molecule has 1 aromatic carbocycles. The average molecular weight is 368 g/mol. The van der Waals surface area contributed by atoms with Crippen molar-refractivity contribution >= 4 is 29.4 Å². The predicted octanol–water partition coefficient (Wildman–Crippen LogP) is 3.45. The van der Waals surface area contributed by atoms with E-state index in [1.807, 2.05) is 52.0 Å². The van der Waals surface area contributed by atoms with Crippen LogP contribution in [-0.2, 0) is 9.31 Å². The minimum atomic E-state index is -0.533. The number of pyridine rings is 1. The predicted molar refractivity (Wildman–Crippen MR) is 109 cm³/mol. The van der Waals surface area contributed by atoms with E-state index in [-0.39, 0.29) is 5.91 Å². The number of unbranched alkanes of at least 4 members (excludes halogenated alkanes) is 2. The fourth-order valence-corrected chi connectivity index (χ4v) is 3.15. The number of hydrogen-bond acceptors (Lipinski definition) is 4. The summed E-state index contributed by atoms with van der Waals surface area (Å²) in [4.78, 5) is 17.2. The lowest BCUT2D eigenvalue weighted by Gasteiger charge is -2.32. The fourth-order valence-electron chi connectivity index (χ4n) is 3.15. The van der Waals surface area contributed by atoms with Crippen LogP contribution in [0, 0.1) is 0 Å². The van der Waals surface area contributed by atoms with Crippen LogP contribution in [0.3, 0.4) is 0 Å². The molecule has 1 amide bonds. The molecule has 5 nitrogen and oxygen atoms in total. The summed E-state index contributed by atoms with van der Waals surface area (Å²) in [7, 11) is -0.533. The number of nitrogens with zero attached hydrogens (tertiary/aromatic N) is 1. The molecule has 2 heterocycles. The van der Waals surface area contributed by atoms with Crippen molar-refractivity contribution in [2.75, 3.05) is 6.54 Å². The second-order valence-corrected chi connectivity index (χ2v) is 8.17. The highest BCUT2D eigenvalue weighted by Gasteiger charge is 2.52. The van der Waals surface area contributed by atoms with Crippen LogP contribution in [0.4, 0.5) is 0 Å². The van der Waals surface area contributed by atoms with E-state index in [2.05, 4.69) is 17.2 Å². The maximum Gasteiger partial charge on any atom is 0.495 e. The SMILES string of the molecule is CCCCCNC(=O)c1cc(B2OC(C)(C)C(C)(C)O2)c2ccccc2n1. The van der Waals surface area contributed by atoms with Crippen LogP contribution < -0.4 is 10.8 Å². The first kappa shape index (κ1) is 19.8. The van der Waals surface area contributed by atoms with Gasteiger partial charge in [-0.15, -0.1) is 0 Å². The lowest BCUT2D eigenvalue weighted by Crippen LogP contribution is -2.41. The Morgan fingerprint density at radius 2 is 1.78 bits per heavy atom. The molecule has 0 unspecified atom stereocenters. The van der Waals surface area contributed by atoms with Crippen LogP contribution in [0.1, 0.15) is 64.4 Å². The molecular formula is C21H29BN2O3. The maximum absolute atomic E-state index is 12.6. The van der Waals surface area contributed by atoms with E-state index in [1.54, 1.807) is 6.07 Å². The summed E-state index contributed by atoms with van der Waals surface area (Å²) in [6.45, 7) is 10.9. The van der Waals surface area contributed by atoms with Crippen LogP contribution in [0.25, 0.3) is 10.9 Å². The zero-order valence-corrected chi connectivity index (χ0v) is 17.0. The molecule has 0 atom stereocenters. The van der Waals surface area contributed by atoms with Crippen molar-refractivity contribution in [3.63, 3.8) is 0 Å². The van der Waals surface area contributed by atoms with Gasteiger partial charge in [-0.05, 0) is 57.1 Å². The number of benzene rings is 1. The molecule has 1 saturated heterocycles. The van der Waals surface area contributed by atoms with Crippen molar-refractivity contribution in [2.24, 2.45) is 0 Å². The quantitative estimate of drug-likeness (QED) is 0.627. The summed E-state index contributed by atoms with van der Waals surface area (Å²) >= 11 is 0. The van der Waals surface area contributed by atoms with Crippen LogP contribution in [0.5, 0.6) is 0 Å². The molecule has 1 aliphatic heterocycles. The van der Waals surface area contributed by atoms with Crippen molar-refractivity contribution in [1.82, 2.24) is 10.3 Å². The number of carbonyl (C=O) groups is 1. The Morgan fingerprint density at radius 3 is 2.44 bits per heavy atom. The third-order valence-electron chi connectivity index (χ3n) is 5.55. The summed E-state index contributed by atoms with van der Waals surface area (Å²) in [5, 5.41) is 3.91. The number of aromatic nitrogens is 1. The smallest absolute Gasteiger partial charge is 0.399 e. The van der Waals surface area contributed by atoms with Crippen molar-refractivity contribution in [3.05, 3.63) is 36.0 Å². The number of nitrogens with one attached hydrogen (secondary N) is 1. The summed E-state index contributed by atoms with van der Waals surface area (Å²) in [6, 6.07) is 9.60. The molecule has 6 heteroatoms.